The lowest BCUT2D eigenvalue weighted by Gasteiger charge is -2.30. The number of anilines is 1. The smallest absolute Gasteiger partial charge is 0.271 e. The van der Waals surface area contributed by atoms with Gasteiger partial charge >= 0.3 is 0 Å². The van der Waals surface area contributed by atoms with Crippen LogP contribution in [0.3, 0.4) is 0 Å². The van der Waals surface area contributed by atoms with Crippen molar-refractivity contribution in [2.75, 3.05) is 11.4 Å². The fraction of sp³-hybridized carbons (Fsp3) is 0.421. The van der Waals surface area contributed by atoms with Gasteiger partial charge in [-0.1, -0.05) is 23.4 Å². The van der Waals surface area contributed by atoms with Crippen LogP contribution in [0.25, 0.3) is 0 Å². The Morgan fingerprint density at radius 2 is 2.20 bits per heavy atom. The van der Waals surface area contributed by atoms with Crippen LogP contribution < -0.4 is 4.90 Å². The number of para-hydroxylation sites is 1. The van der Waals surface area contributed by atoms with Crippen molar-refractivity contribution in [1.82, 2.24) is 9.78 Å². The van der Waals surface area contributed by atoms with Gasteiger partial charge in [-0.2, -0.15) is 5.10 Å². The number of benzene rings is 1. The van der Waals surface area contributed by atoms with E-state index >= 15 is 0 Å². The molecular formula is C19H22N4O2. The summed E-state index contributed by atoms with van der Waals surface area (Å²) in [4.78, 5) is 20.4. The molecule has 6 heteroatoms. The van der Waals surface area contributed by atoms with Gasteiger partial charge in [-0.15, -0.1) is 0 Å². The number of aryl methyl sites for hydroxylation is 2. The molecule has 1 aromatic heterocycles. The van der Waals surface area contributed by atoms with E-state index in [1.165, 1.54) is 5.56 Å². The lowest BCUT2D eigenvalue weighted by molar-refractivity contribution is -0.128. The van der Waals surface area contributed by atoms with Gasteiger partial charge in [0.05, 0.1) is 11.9 Å². The highest BCUT2D eigenvalue weighted by molar-refractivity contribution is 6.07. The van der Waals surface area contributed by atoms with Crippen molar-refractivity contribution < 1.29 is 9.63 Å². The average Bonchev–Trinajstić information content (AvgIpc) is 3.27. The summed E-state index contributed by atoms with van der Waals surface area (Å²) >= 11 is 0. The molecule has 0 fully saturated rings. The van der Waals surface area contributed by atoms with E-state index < -0.39 is 6.10 Å². The summed E-state index contributed by atoms with van der Waals surface area (Å²) in [5, 5.41) is 8.54. The molecule has 25 heavy (non-hydrogen) atoms. The van der Waals surface area contributed by atoms with E-state index in [1.54, 1.807) is 0 Å². The Labute approximate surface area is 147 Å². The van der Waals surface area contributed by atoms with E-state index in [1.807, 2.05) is 40.9 Å². The molecule has 0 spiro atoms. The number of oxime groups is 1. The van der Waals surface area contributed by atoms with Gasteiger partial charge in [-0.05, 0) is 38.3 Å². The highest BCUT2D eigenvalue weighted by Gasteiger charge is 2.35. The molecule has 2 aliphatic rings. The van der Waals surface area contributed by atoms with Crippen LogP contribution in [-0.2, 0) is 22.6 Å². The molecule has 0 saturated carbocycles. The maximum atomic E-state index is 13.0. The van der Waals surface area contributed by atoms with Gasteiger partial charge < -0.3 is 9.74 Å². The number of carbonyl (C=O) groups is 1. The van der Waals surface area contributed by atoms with Gasteiger partial charge in [0.1, 0.15) is 0 Å². The predicted octanol–water partition coefficient (Wildman–Crippen LogP) is 2.68. The Hall–Kier alpha value is -2.63. The van der Waals surface area contributed by atoms with E-state index in [2.05, 4.69) is 23.2 Å². The van der Waals surface area contributed by atoms with Gasteiger partial charge in [0, 0.05) is 36.5 Å². The SMILES string of the molecule is CCn1ncc(C2=NO[C@H](C(=O)N3CCCc4ccccc43)C2)c1C. The van der Waals surface area contributed by atoms with Crippen molar-refractivity contribution in [3.05, 3.63) is 47.3 Å². The highest BCUT2D eigenvalue weighted by Crippen LogP contribution is 2.29. The van der Waals surface area contributed by atoms with Crippen LogP contribution in [0.5, 0.6) is 0 Å². The van der Waals surface area contributed by atoms with E-state index in [0.29, 0.717) is 6.42 Å². The maximum Gasteiger partial charge on any atom is 0.271 e. The molecular weight excluding hydrogens is 316 g/mol. The first-order chi connectivity index (χ1) is 12.2. The molecule has 6 nitrogen and oxygen atoms in total. The van der Waals surface area contributed by atoms with Crippen molar-refractivity contribution in [3.8, 4) is 0 Å². The molecule has 130 valence electrons. The van der Waals surface area contributed by atoms with Crippen molar-refractivity contribution in [3.63, 3.8) is 0 Å². The van der Waals surface area contributed by atoms with Crippen molar-refractivity contribution in [2.45, 2.75) is 45.8 Å². The summed E-state index contributed by atoms with van der Waals surface area (Å²) < 4.78 is 1.92. The molecule has 0 saturated heterocycles. The number of amides is 1. The van der Waals surface area contributed by atoms with Gasteiger partial charge in [0.15, 0.2) is 0 Å². The van der Waals surface area contributed by atoms with E-state index in [-0.39, 0.29) is 5.91 Å². The number of nitrogens with zero attached hydrogens (tertiary/aromatic N) is 4. The lowest BCUT2D eigenvalue weighted by Crippen LogP contribution is -2.42. The minimum atomic E-state index is -0.550. The minimum Gasteiger partial charge on any atom is -0.382 e. The third-order valence-corrected chi connectivity index (χ3v) is 5.03. The molecule has 0 aliphatic carbocycles. The normalized spacial score (nSPS) is 19.4. The quantitative estimate of drug-likeness (QED) is 0.864. The number of hydrogen-bond acceptors (Lipinski definition) is 4. The maximum absolute atomic E-state index is 13.0. The van der Waals surface area contributed by atoms with Crippen LogP contribution >= 0.6 is 0 Å². The van der Waals surface area contributed by atoms with Crippen LogP contribution in [0.1, 0.15) is 36.6 Å². The van der Waals surface area contributed by atoms with Gasteiger partial charge in [0.2, 0.25) is 6.10 Å². The molecule has 1 aromatic carbocycles. The zero-order chi connectivity index (χ0) is 17.4. The first-order valence-corrected chi connectivity index (χ1v) is 8.83. The summed E-state index contributed by atoms with van der Waals surface area (Å²) in [5.41, 5.74) is 5.06. The molecule has 2 aromatic rings. The van der Waals surface area contributed by atoms with E-state index in [4.69, 9.17) is 4.84 Å². The van der Waals surface area contributed by atoms with Gasteiger partial charge in [-0.25, -0.2) is 0 Å². The summed E-state index contributed by atoms with van der Waals surface area (Å²) in [6.45, 7) is 5.62. The van der Waals surface area contributed by atoms with E-state index in [9.17, 15) is 4.79 Å². The second-order valence-electron chi connectivity index (χ2n) is 6.52. The molecule has 3 heterocycles. The zero-order valence-electron chi connectivity index (χ0n) is 14.6. The summed E-state index contributed by atoms with van der Waals surface area (Å²) in [7, 11) is 0. The largest absolute Gasteiger partial charge is 0.382 e. The highest BCUT2D eigenvalue weighted by atomic mass is 16.6. The van der Waals surface area contributed by atoms with Crippen molar-refractivity contribution in [2.24, 2.45) is 5.16 Å². The second-order valence-corrected chi connectivity index (χ2v) is 6.52. The molecule has 1 amide bonds. The Bertz CT molecular complexity index is 840. The summed E-state index contributed by atoms with van der Waals surface area (Å²) in [6, 6.07) is 8.10. The fourth-order valence-electron chi connectivity index (χ4n) is 3.65. The summed E-state index contributed by atoms with van der Waals surface area (Å²) in [6.07, 6.45) is 3.75. The molecule has 0 unspecified atom stereocenters. The lowest BCUT2D eigenvalue weighted by atomic mass is 10.00. The van der Waals surface area contributed by atoms with Crippen molar-refractivity contribution >= 4 is 17.3 Å². The van der Waals surface area contributed by atoms with Crippen LogP contribution in [0.2, 0.25) is 0 Å². The van der Waals surface area contributed by atoms with Crippen LogP contribution in [-0.4, -0.2) is 34.0 Å². The Morgan fingerprint density at radius 3 is 3.00 bits per heavy atom. The molecule has 4 rings (SSSR count). The molecule has 0 bridgehead atoms. The van der Waals surface area contributed by atoms with Crippen LogP contribution in [0, 0.1) is 6.92 Å². The minimum absolute atomic E-state index is 0.00793. The zero-order valence-corrected chi connectivity index (χ0v) is 14.6. The third kappa shape index (κ3) is 2.71. The number of rotatable bonds is 3. The summed E-state index contributed by atoms with van der Waals surface area (Å²) in [5.74, 6) is -0.00793. The molecule has 0 N–H and O–H groups in total. The first kappa shape index (κ1) is 15.9. The Kier molecular flexibility index (Phi) is 4.03. The molecule has 0 radical (unpaired) electrons. The fourth-order valence-corrected chi connectivity index (χ4v) is 3.65. The molecule has 1 atom stereocenters. The Morgan fingerprint density at radius 1 is 1.36 bits per heavy atom. The predicted molar refractivity (Wildman–Crippen MR) is 95.8 cm³/mol. The topological polar surface area (TPSA) is 59.7 Å². The number of carbonyl (C=O) groups excluding carboxylic acids is 1. The van der Waals surface area contributed by atoms with E-state index in [0.717, 1.165) is 48.6 Å². The first-order valence-electron chi connectivity index (χ1n) is 8.83. The van der Waals surface area contributed by atoms with Crippen molar-refractivity contribution in [1.29, 1.82) is 0 Å². The number of aromatic nitrogens is 2. The van der Waals surface area contributed by atoms with Crippen LogP contribution in [0.15, 0.2) is 35.6 Å². The van der Waals surface area contributed by atoms with Gasteiger partial charge in [-0.3, -0.25) is 9.48 Å². The van der Waals surface area contributed by atoms with Gasteiger partial charge in [0.25, 0.3) is 5.91 Å². The monoisotopic (exact) mass is 338 g/mol. The number of hydrogen-bond donors (Lipinski definition) is 0. The third-order valence-electron chi connectivity index (χ3n) is 5.03. The Balaban J connectivity index is 1.52. The van der Waals surface area contributed by atoms with Crippen LogP contribution in [0.4, 0.5) is 5.69 Å². The molecule has 2 aliphatic heterocycles. The number of fused-ring (bicyclic) bond motifs is 1. The average molecular weight is 338 g/mol. The standard InChI is InChI=1S/C19H22N4O2/c1-3-23-13(2)15(12-20-23)16-11-18(25-21-16)19(24)22-10-6-8-14-7-4-5-9-17(14)22/h4-5,7,9,12,18H,3,6,8,10-11H2,1-2H3/t18-/m0/s1. The second kappa shape index (κ2) is 6.35.